The molecule has 0 heterocycles. The number of rotatable bonds is 8. The highest BCUT2D eigenvalue weighted by atomic mass is 16.5. The summed E-state index contributed by atoms with van der Waals surface area (Å²) in [5, 5.41) is 0. The Morgan fingerprint density at radius 3 is 2.48 bits per heavy atom. The molecule has 2 aromatic carbocycles. The molecule has 2 aromatic rings. The Labute approximate surface area is 150 Å². The molecule has 0 saturated carbocycles. The Balaban J connectivity index is 2.22. The molecule has 0 aromatic heterocycles. The normalized spacial score (nSPS) is 12.0. The number of amides is 1. The van der Waals surface area contributed by atoms with Crippen LogP contribution >= 0.6 is 0 Å². The maximum atomic E-state index is 13.1. The largest absolute Gasteiger partial charge is 0.383 e. The first-order valence-corrected chi connectivity index (χ1v) is 8.69. The molecule has 0 bridgehead atoms. The molecule has 4 heteroatoms. The monoisotopic (exact) mass is 340 g/mol. The SMILES string of the molecule is COC[C@H](C)N(Cc1cccc(C)c1)C(=O)c1ccc(CCN)cc1. The van der Waals surface area contributed by atoms with Gasteiger partial charge in [0, 0.05) is 19.2 Å². The molecule has 0 fully saturated rings. The van der Waals surface area contributed by atoms with Crippen molar-refractivity contribution in [3.05, 3.63) is 70.8 Å². The van der Waals surface area contributed by atoms with E-state index in [1.54, 1.807) is 7.11 Å². The fourth-order valence-electron chi connectivity index (χ4n) is 2.91. The fourth-order valence-corrected chi connectivity index (χ4v) is 2.91. The quantitative estimate of drug-likeness (QED) is 0.803. The van der Waals surface area contributed by atoms with Crippen LogP contribution in [0.3, 0.4) is 0 Å². The van der Waals surface area contributed by atoms with Crippen LogP contribution in [-0.4, -0.2) is 37.1 Å². The second kappa shape index (κ2) is 9.35. The van der Waals surface area contributed by atoms with Crippen molar-refractivity contribution >= 4 is 5.91 Å². The minimum Gasteiger partial charge on any atom is -0.383 e. The van der Waals surface area contributed by atoms with Gasteiger partial charge in [0.15, 0.2) is 0 Å². The van der Waals surface area contributed by atoms with Crippen molar-refractivity contribution in [3.8, 4) is 0 Å². The number of benzene rings is 2. The number of ether oxygens (including phenoxy) is 1. The molecule has 0 spiro atoms. The zero-order valence-electron chi connectivity index (χ0n) is 15.4. The molecule has 0 aliphatic carbocycles. The van der Waals surface area contributed by atoms with Gasteiger partial charge in [-0.2, -0.15) is 0 Å². The van der Waals surface area contributed by atoms with Crippen LogP contribution in [0.25, 0.3) is 0 Å². The molecular formula is C21H28N2O2. The van der Waals surface area contributed by atoms with E-state index in [1.165, 1.54) is 5.56 Å². The van der Waals surface area contributed by atoms with Gasteiger partial charge in [0.25, 0.3) is 5.91 Å². The third kappa shape index (κ3) is 5.41. The molecule has 1 amide bonds. The Morgan fingerprint density at radius 2 is 1.88 bits per heavy atom. The highest BCUT2D eigenvalue weighted by molar-refractivity contribution is 5.94. The maximum absolute atomic E-state index is 13.1. The van der Waals surface area contributed by atoms with Crippen molar-refractivity contribution in [1.82, 2.24) is 4.90 Å². The van der Waals surface area contributed by atoms with Crippen molar-refractivity contribution in [2.24, 2.45) is 5.73 Å². The number of nitrogens with two attached hydrogens (primary N) is 1. The van der Waals surface area contributed by atoms with Crippen LogP contribution in [0.5, 0.6) is 0 Å². The first kappa shape index (κ1) is 19.2. The van der Waals surface area contributed by atoms with E-state index in [2.05, 4.69) is 25.1 Å². The first-order chi connectivity index (χ1) is 12.0. The second-order valence-corrected chi connectivity index (χ2v) is 6.46. The van der Waals surface area contributed by atoms with Gasteiger partial charge >= 0.3 is 0 Å². The summed E-state index contributed by atoms with van der Waals surface area (Å²) in [7, 11) is 1.66. The third-order valence-corrected chi connectivity index (χ3v) is 4.27. The molecule has 0 unspecified atom stereocenters. The average Bonchev–Trinajstić information content (AvgIpc) is 2.60. The molecule has 1 atom stereocenters. The lowest BCUT2D eigenvalue weighted by Crippen LogP contribution is -2.40. The Hall–Kier alpha value is -2.17. The van der Waals surface area contributed by atoms with E-state index in [1.807, 2.05) is 42.2 Å². The fraction of sp³-hybridized carbons (Fsp3) is 0.381. The van der Waals surface area contributed by atoms with Crippen molar-refractivity contribution in [1.29, 1.82) is 0 Å². The van der Waals surface area contributed by atoms with Crippen LogP contribution in [0.4, 0.5) is 0 Å². The number of hydrogen-bond acceptors (Lipinski definition) is 3. The van der Waals surface area contributed by atoms with Gasteiger partial charge in [-0.1, -0.05) is 42.0 Å². The average molecular weight is 340 g/mol. The zero-order valence-corrected chi connectivity index (χ0v) is 15.4. The van der Waals surface area contributed by atoms with Crippen molar-refractivity contribution in [3.63, 3.8) is 0 Å². The highest BCUT2D eigenvalue weighted by Gasteiger charge is 2.22. The summed E-state index contributed by atoms with van der Waals surface area (Å²) in [5.41, 5.74) is 9.74. The Morgan fingerprint density at radius 1 is 1.16 bits per heavy atom. The van der Waals surface area contributed by atoms with Crippen LogP contribution < -0.4 is 5.73 Å². The summed E-state index contributed by atoms with van der Waals surface area (Å²) in [4.78, 5) is 14.9. The number of carbonyl (C=O) groups excluding carboxylic acids is 1. The predicted molar refractivity (Wildman–Crippen MR) is 102 cm³/mol. The Kier molecular flexibility index (Phi) is 7.16. The predicted octanol–water partition coefficient (Wildman–Crippen LogP) is 3.17. The summed E-state index contributed by atoms with van der Waals surface area (Å²) < 4.78 is 5.28. The topological polar surface area (TPSA) is 55.6 Å². The number of nitrogens with zero attached hydrogens (tertiary/aromatic N) is 1. The summed E-state index contributed by atoms with van der Waals surface area (Å²) in [6.45, 7) is 5.75. The van der Waals surface area contributed by atoms with Gasteiger partial charge in [0.2, 0.25) is 0 Å². The lowest BCUT2D eigenvalue weighted by molar-refractivity contribution is 0.0542. The van der Waals surface area contributed by atoms with Crippen LogP contribution in [0.2, 0.25) is 0 Å². The number of hydrogen-bond donors (Lipinski definition) is 1. The molecule has 0 aliphatic heterocycles. The summed E-state index contributed by atoms with van der Waals surface area (Å²) in [6, 6.07) is 16.0. The van der Waals surface area contributed by atoms with Gasteiger partial charge in [-0.05, 0) is 50.1 Å². The van der Waals surface area contributed by atoms with E-state index < -0.39 is 0 Å². The van der Waals surface area contributed by atoms with Crippen LogP contribution in [0, 0.1) is 6.92 Å². The van der Waals surface area contributed by atoms with Gasteiger partial charge in [-0.15, -0.1) is 0 Å². The van der Waals surface area contributed by atoms with Crippen LogP contribution in [0.15, 0.2) is 48.5 Å². The molecule has 4 nitrogen and oxygen atoms in total. The third-order valence-electron chi connectivity index (χ3n) is 4.27. The van der Waals surface area contributed by atoms with E-state index in [-0.39, 0.29) is 11.9 Å². The van der Waals surface area contributed by atoms with Gasteiger partial charge in [-0.25, -0.2) is 0 Å². The highest BCUT2D eigenvalue weighted by Crippen LogP contribution is 2.16. The lowest BCUT2D eigenvalue weighted by atomic mass is 10.1. The number of carbonyl (C=O) groups is 1. The molecular weight excluding hydrogens is 312 g/mol. The molecule has 2 N–H and O–H groups in total. The van der Waals surface area contributed by atoms with Gasteiger partial charge in [-0.3, -0.25) is 4.79 Å². The minimum atomic E-state index is -0.0123. The first-order valence-electron chi connectivity index (χ1n) is 8.69. The van der Waals surface area contributed by atoms with E-state index in [0.717, 1.165) is 17.5 Å². The van der Waals surface area contributed by atoms with E-state index in [9.17, 15) is 4.79 Å². The number of aryl methyl sites for hydroxylation is 1. The molecule has 134 valence electrons. The van der Waals surface area contributed by atoms with Crippen molar-refractivity contribution in [2.75, 3.05) is 20.3 Å². The summed E-state index contributed by atoms with van der Waals surface area (Å²) >= 11 is 0. The maximum Gasteiger partial charge on any atom is 0.254 e. The number of methoxy groups -OCH3 is 1. The van der Waals surface area contributed by atoms with Crippen LogP contribution in [-0.2, 0) is 17.7 Å². The smallest absolute Gasteiger partial charge is 0.254 e. The minimum absolute atomic E-state index is 0.0123. The Bertz CT molecular complexity index is 683. The van der Waals surface area contributed by atoms with Gasteiger partial charge < -0.3 is 15.4 Å². The van der Waals surface area contributed by atoms with Crippen LogP contribution in [0.1, 0.15) is 34.0 Å². The summed E-state index contributed by atoms with van der Waals surface area (Å²) in [6.07, 6.45) is 0.821. The standard InChI is InChI=1S/C21H28N2O2/c1-16-5-4-6-19(13-16)14-23(17(2)15-25-3)21(24)20-9-7-18(8-10-20)11-12-22/h4-10,13,17H,11-12,14-15,22H2,1-3H3/t17-/m0/s1. The molecule has 2 rings (SSSR count). The second-order valence-electron chi connectivity index (χ2n) is 6.46. The lowest BCUT2D eigenvalue weighted by Gasteiger charge is -2.29. The van der Waals surface area contributed by atoms with Crippen molar-refractivity contribution < 1.29 is 9.53 Å². The molecule has 0 radical (unpaired) electrons. The van der Waals surface area contributed by atoms with Crippen molar-refractivity contribution in [2.45, 2.75) is 32.9 Å². The molecule has 0 aliphatic rings. The van der Waals surface area contributed by atoms with Gasteiger partial charge in [0.1, 0.15) is 0 Å². The van der Waals surface area contributed by atoms with Gasteiger partial charge in [0.05, 0.1) is 12.6 Å². The van der Waals surface area contributed by atoms with E-state index in [4.69, 9.17) is 10.5 Å². The van der Waals surface area contributed by atoms with E-state index in [0.29, 0.717) is 25.3 Å². The molecule has 25 heavy (non-hydrogen) atoms. The molecule has 0 saturated heterocycles. The zero-order chi connectivity index (χ0) is 18.2. The summed E-state index contributed by atoms with van der Waals surface area (Å²) in [5.74, 6) is 0.0188. The van der Waals surface area contributed by atoms with E-state index >= 15 is 0 Å².